The van der Waals surface area contributed by atoms with Gasteiger partial charge >= 0.3 is 0 Å². The summed E-state index contributed by atoms with van der Waals surface area (Å²) < 4.78 is 5.12. The third-order valence-corrected chi connectivity index (χ3v) is 3.61. The molecule has 20 heavy (non-hydrogen) atoms. The number of amides is 1. The second-order valence-electron chi connectivity index (χ2n) is 4.97. The molecule has 1 amide bonds. The van der Waals surface area contributed by atoms with Crippen molar-refractivity contribution in [2.45, 2.75) is 40.5 Å². The minimum Gasteiger partial charge on any atom is -0.360 e. The Balaban J connectivity index is 2.11. The molecular weight excluding hydrogens is 276 g/mol. The second kappa shape index (κ2) is 6.13. The first-order valence-electron chi connectivity index (χ1n) is 6.60. The molecule has 108 valence electrons. The molecular formula is C13H18N4O2S. The summed E-state index contributed by atoms with van der Waals surface area (Å²) in [6.07, 6.45) is 1.48. The summed E-state index contributed by atoms with van der Waals surface area (Å²) >= 11 is 1.40. The van der Waals surface area contributed by atoms with Crippen molar-refractivity contribution in [2.75, 3.05) is 5.32 Å². The summed E-state index contributed by atoms with van der Waals surface area (Å²) in [6.45, 7) is 7.91. The number of nitrogens with one attached hydrogen (secondary N) is 1. The first kappa shape index (κ1) is 14.6. The van der Waals surface area contributed by atoms with Gasteiger partial charge in [0.25, 0.3) is 5.91 Å². The fraction of sp³-hybridized carbons (Fsp3) is 0.538. The summed E-state index contributed by atoms with van der Waals surface area (Å²) in [5.74, 6) is 0.860. The Hall–Kier alpha value is -1.76. The van der Waals surface area contributed by atoms with E-state index in [1.807, 2.05) is 6.92 Å². The fourth-order valence-electron chi connectivity index (χ4n) is 1.84. The first-order valence-corrected chi connectivity index (χ1v) is 7.41. The van der Waals surface area contributed by atoms with Crippen LogP contribution in [0.3, 0.4) is 0 Å². The molecule has 1 N–H and O–H groups in total. The third-order valence-electron chi connectivity index (χ3n) is 2.75. The van der Waals surface area contributed by atoms with Crippen LogP contribution in [0.15, 0.2) is 4.52 Å². The van der Waals surface area contributed by atoms with E-state index >= 15 is 0 Å². The predicted molar refractivity (Wildman–Crippen MR) is 77.0 cm³/mol. The van der Waals surface area contributed by atoms with E-state index in [0.717, 1.165) is 11.4 Å². The lowest BCUT2D eigenvalue weighted by atomic mass is 10.1. The van der Waals surface area contributed by atoms with E-state index in [-0.39, 0.29) is 5.91 Å². The van der Waals surface area contributed by atoms with E-state index < -0.39 is 0 Å². The van der Waals surface area contributed by atoms with E-state index in [1.54, 1.807) is 6.92 Å². The van der Waals surface area contributed by atoms with Crippen LogP contribution in [-0.4, -0.2) is 21.3 Å². The Morgan fingerprint density at radius 3 is 2.80 bits per heavy atom. The summed E-state index contributed by atoms with van der Waals surface area (Å²) in [5, 5.41) is 16.1. The molecule has 0 spiro atoms. The number of nitrogens with zero attached hydrogens (tertiary/aromatic N) is 3. The van der Waals surface area contributed by atoms with Gasteiger partial charge in [0, 0.05) is 12.8 Å². The van der Waals surface area contributed by atoms with Crippen LogP contribution in [0.4, 0.5) is 5.13 Å². The summed E-state index contributed by atoms with van der Waals surface area (Å²) in [6, 6.07) is 0. The van der Waals surface area contributed by atoms with Crippen LogP contribution in [-0.2, 0) is 12.8 Å². The average Bonchev–Trinajstić information content (AvgIpc) is 2.95. The number of aromatic nitrogens is 3. The van der Waals surface area contributed by atoms with E-state index in [1.165, 1.54) is 11.3 Å². The highest BCUT2D eigenvalue weighted by Crippen LogP contribution is 2.21. The molecule has 0 saturated heterocycles. The SMILES string of the molecule is CCc1onc(C)c1C(=O)Nc1nnc(CC(C)C)s1. The Kier molecular flexibility index (Phi) is 4.49. The minimum absolute atomic E-state index is 0.243. The minimum atomic E-state index is -0.243. The lowest BCUT2D eigenvalue weighted by Gasteiger charge is -2.00. The molecule has 2 rings (SSSR count). The van der Waals surface area contributed by atoms with E-state index in [9.17, 15) is 4.79 Å². The Morgan fingerprint density at radius 2 is 2.15 bits per heavy atom. The van der Waals surface area contributed by atoms with Crippen molar-refractivity contribution in [3.8, 4) is 0 Å². The zero-order valence-corrected chi connectivity index (χ0v) is 12.9. The topological polar surface area (TPSA) is 80.9 Å². The molecule has 0 saturated carbocycles. The van der Waals surface area contributed by atoms with Crippen LogP contribution < -0.4 is 5.32 Å². The molecule has 0 fully saturated rings. The van der Waals surface area contributed by atoms with Crippen molar-refractivity contribution in [1.82, 2.24) is 15.4 Å². The number of carbonyl (C=O) groups is 1. The molecule has 2 aromatic rings. The van der Waals surface area contributed by atoms with Gasteiger partial charge in [-0.3, -0.25) is 10.1 Å². The molecule has 6 nitrogen and oxygen atoms in total. The van der Waals surface area contributed by atoms with Gasteiger partial charge in [0.05, 0.1) is 5.69 Å². The average molecular weight is 294 g/mol. The molecule has 2 aromatic heterocycles. The maximum atomic E-state index is 12.2. The maximum absolute atomic E-state index is 12.2. The molecule has 0 aromatic carbocycles. The Bertz CT molecular complexity index is 603. The molecule has 0 aliphatic carbocycles. The fourth-order valence-corrected chi connectivity index (χ4v) is 2.79. The molecule has 0 atom stereocenters. The molecule has 0 aliphatic heterocycles. The normalized spacial score (nSPS) is 11.1. The van der Waals surface area contributed by atoms with Crippen molar-refractivity contribution < 1.29 is 9.32 Å². The van der Waals surface area contributed by atoms with Crippen molar-refractivity contribution in [2.24, 2.45) is 5.92 Å². The maximum Gasteiger partial charge on any atom is 0.263 e. The Labute approximate surface area is 121 Å². The summed E-state index contributed by atoms with van der Waals surface area (Å²) in [5.41, 5.74) is 1.08. The highest BCUT2D eigenvalue weighted by molar-refractivity contribution is 7.15. The van der Waals surface area contributed by atoms with Crippen LogP contribution in [0, 0.1) is 12.8 Å². The zero-order valence-electron chi connectivity index (χ0n) is 12.1. The molecule has 0 bridgehead atoms. The van der Waals surface area contributed by atoms with Gasteiger partial charge in [-0.15, -0.1) is 10.2 Å². The van der Waals surface area contributed by atoms with E-state index in [4.69, 9.17) is 4.52 Å². The smallest absolute Gasteiger partial charge is 0.263 e. The van der Waals surface area contributed by atoms with Gasteiger partial charge in [0.15, 0.2) is 0 Å². The standard InChI is InChI=1S/C13H18N4O2S/c1-5-9-11(8(4)17-19-9)12(18)14-13-16-15-10(20-13)6-7(2)3/h7H,5-6H2,1-4H3,(H,14,16,18). The van der Waals surface area contributed by atoms with Gasteiger partial charge in [-0.25, -0.2) is 0 Å². The third kappa shape index (κ3) is 3.22. The largest absolute Gasteiger partial charge is 0.360 e. The first-order chi connectivity index (χ1) is 9.51. The molecule has 0 aliphatic rings. The van der Waals surface area contributed by atoms with Crippen molar-refractivity contribution in [3.63, 3.8) is 0 Å². The van der Waals surface area contributed by atoms with Crippen LogP contribution >= 0.6 is 11.3 Å². The van der Waals surface area contributed by atoms with Gasteiger partial charge < -0.3 is 4.52 Å². The van der Waals surface area contributed by atoms with Crippen molar-refractivity contribution in [1.29, 1.82) is 0 Å². The molecule has 2 heterocycles. The number of carbonyl (C=O) groups excluding carboxylic acids is 1. The van der Waals surface area contributed by atoms with Gasteiger partial charge in [-0.1, -0.05) is 37.3 Å². The highest BCUT2D eigenvalue weighted by atomic mass is 32.1. The Morgan fingerprint density at radius 1 is 1.40 bits per heavy atom. The van der Waals surface area contributed by atoms with Crippen LogP contribution in [0.5, 0.6) is 0 Å². The number of rotatable bonds is 5. The number of hydrogen-bond acceptors (Lipinski definition) is 6. The summed E-state index contributed by atoms with van der Waals surface area (Å²) in [4.78, 5) is 12.2. The van der Waals surface area contributed by atoms with Gasteiger partial charge in [0.1, 0.15) is 16.3 Å². The van der Waals surface area contributed by atoms with Gasteiger partial charge in [0.2, 0.25) is 5.13 Å². The van der Waals surface area contributed by atoms with Gasteiger partial charge in [-0.2, -0.15) is 0 Å². The quantitative estimate of drug-likeness (QED) is 0.917. The van der Waals surface area contributed by atoms with Crippen molar-refractivity contribution in [3.05, 3.63) is 22.0 Å². The monoisotopic (exact) mass is 294 g/mol. The highest BCUT2D eigenvalue weighted by Gasteiger charge is 2.20. The number of anilines is 1. The summed E-state index contributed by atoms with van der Waals surface area (Å²) in [7, 11) is 0. The number of aryl methyl sites for hydroxylation is 2. The number of hydrogen-bond donors (Lipinski definition) is 1. The van der Waals surface area contributed by atoms with Crippen LogP contribution in [0.2, 0.25) is 0 Å². The van der Waals surface area contributed by atoms with E-state index in [0.29, 0.717) is 34.5 Å². The van der Waals surface area contributed by atoms with E-state index in [2.05, 4.69) is 34.5 Å². The van der Waals surface area contributed by atoms with Crippen molar-refractivity contribution >= 4 is 22.4 Å². The molecule has 7 heteroatoms. The van der Waals surface area contributed by atoms with Crippen LogP contribution in [0.25, 0.3) is 0 Å². The lowest BCUT2D eigenvalue weighted by Crippen LogP contribution is -2.14. The van der Waals surface area contributed by atoms with Gasteiger partial charge in [-0.05, 0) is 12.8 Å². The lowest BCUT2D eigenvalue weighted by molar-refractivity contribution is 0.102. The zero-order chi connectivity index (χ0) is 14.7. The van der Waals surface area contributed by atoms with Crippen LogP contribution in [0.1, 0.15) is 47.6 Å². The molecule has 0 unspecified atom stereocenters. The molecule has 0 radical (unpaired) electrons. The predicted octanol–water partition coefficient (Wildman–Crippen LogP) is 2.85. The second-order valence-corrected chi connectivity index (χ2v) is 6.03.